The van der Waals surface area contributed by atoms with Gasteiger partial charge in [-0.05, 0) is 19.1 Å². The van der Waals surface area contributed by atoms with Crippen molar-refractivity contribution < 1.29 is 4.39 Å². The largest absolute Gasteiger partial charge is 0.330 e. The summed E-state index contributed by atoms with van der Waals surface area (Å²) in [4.78, 5) is 3.97. The highest BCUT2D eigenvalue weighted by Gasteiger charge is 2.06. The molecule has 2 aromatic rings. The van der Waals surface area contributed by atoms with E-state index in [9.17, 15) is 4.39 Å². The Kier molecular flexibility index (Phi) is 1.57. The number of rotatable bonds is 1. The monoisotopic (exact) mass is 163 g/mol. The third kappa shape index (κ3) is 0.897. The molecule has 2 heterocycles. The molecule has 12 heavy (non-hydrogen) atoms. The Morgan fingerprint density at radius 2 is 2.50 bits per heavy atom. The topological polar surface area (TPSA) is 17.8 Å². The van der Waals surface area contributed by atoms with Crippen LogP contribution < -0.4 is 0 Å². The number of halogens is 1. The Hall–Kier alpha value is -1.38. The lowest BCUT2D eigenvalue weighted by atomic mass is 10.3. The van der Waals surface area contributed by atoms with Gasteiger partial charge in [0.15, 0.2) is 0 Å². The molecule has 0 saturated carbocycles. The molecule has 1 radical (unpaired) electrons. The minimum absolute atomic E-state index is 0.214. The Balaban J connectivity index is 2.82. The number of nitrogens with zero attached hydrogens (tertiary/aromatic N) is 2. The summed E-state index contributed by atoms with van der Waals surface area (Å²) in [6.45, 7) is 2.68. The maximum absolute atomic E-state index is 13.1. The molecule has 0 aliphatic carbocycles. The smallest absolute Gasteiger partial charge is 0.150 e. The first kappa shape index (κ1) is 7.28. The van der Waals surface area contributed by atoms with Gasteiger partial charge in [0.25, 0.3) is 0 Å². The fourth-order valence-electron chi connectivity index (χ4n) is 1.27. The quantitative estimate of drug-likeness (QED) is 0.628. The Bertz CT molecular complexity index is 406. The van der Waals surface area contributed by atoms with Crippen molar-refractivity contribution in [2.45, 2.75) is 13.5 Å². The van der Waals surface area contributed by atoms with Crippen molar-refractivity contribution in [1.29, 1.82) is 0 Å². The van der Waals surface area contributed by atoms with Gasteiger partial charge in [-0.2, -0.15) is 0 Å². The zero-order valence-electron chi connectivity index (χ0n) is 6.71. The van der Waals surface area contributed by atoms with Gasteiger partial charge >= 0.3 is 0 Å². The molecule has 0 atom stereocenters. The second-order valence-electron chi connectivity index (χ2n) is 2.57. The summed E-state index contributed by atoms with van der Waals surface area (Å²) >= 11 is 0. The first-order chi connectivity index (χ1) is 5.83. The van der Waals surface area contributed by atoms with Gasteiger partial charge in [0.05, 0.1) is 11.6 Å². The summed E-state index contributed by atoms with van der Waals surface area (Å²) in [6, 6.07) is 3.30. The molecule has 3 heteroatoms. The molecule has 0 spiro atoms. The van der Waals surface area contributed by atoms with Gasteiger partial charge in [0.2, 0.25) is 0 Å². The predicted molar refractivity (Wildman–Crippen MR) is 44.2 cm³/mol. The van der Waals surface area contributed by atoms with Crippen molar-refractivity contribution in [2.24, 2.45) is 0 Å². The SMILES string of the molecule is CCn1cc(F)c2cc[c]nc21. The van der Waals surface area contributed by atoms with Crippen LogP contribution in [-0.4, -0.2) is 9.55 Å². The average Bonchev–Trinajstić information content (AvgIpc) is 2.44. The van der Waals surface area contributed by atoms with Crippen molar-refractivity contribution >= 4 is 11.0 Å². The molecule has 0 aromatic carbocycles. The maximum Gasteiger partial charge on any atom is 0.150 e. The summed E-state index contributed by atoms with van der Waals surface area (Å²) in [6.07, 6.45) is 4.15. The average molecular weight is 163 g/mol. The number of aromatic nitrogens is 2. The van der Waals surface area contributed by atoms with E-state index in [1.807, 2.05) is 6.92 Å². The number of pyridine rings is 1. The molecule has 0 N–H and O–H groups in total. The highest BCUT2D eigenvalue weighted by atomic mass is 19.1. The fourth-order valence-corrected chi connectivity index (χ4v) is 1.27. The number of hydrogen-bond acceptors (Lipinski definition) is 1. The van der Waals surface area contributed by atoms with Gasteiger partial charge in [-0.3, -0.25) is 0 Å². The first-order valence-corrected chi connectivity index (χ1v) is 3.84. The lowest BCUT2D eigenvalue weighted by Crippen LogP contribution is -1.92. The van der Waals surface area contributed by atoms with Gasteiger partial charge < -0.3 is 4.57 Å². The van der Waals surface area contributed by atoms with Crippen LogP contribution in [0.2, 0.25) is 0 Å². The molecule has 2 rings (SSSR count). The minimum Gasteiger partial charge on any atom is -0.330 e. The van der Waals surface area contributed by atoms with Crippen LogP contribution >= 0.6 is 0 Å². The van der Waals surface area contributed by atoms with Gasteiger partial charge in [-0.25, -0.2) is 9.37 Å². The summed E-state index contributed by atoms with van der Waals surface area (Å²) in [5.74, 6) is -0.214. The molecule has 0 aliphatic heterocycles. The summed E-state index contributed by atoms with van der Waals surface area (Å²) in [5, 5.41) is 0.565. The van der Waals surface area contributed by atoms with E-state index in [1.165, 1.54) is 6.20 Å². The predicted octanol–water partition coefficient (Wildman–Crippen LogP) is 2.00. The van der Waals surface area contributed by atoms with E-state index in [-0.39, 0.29) is 5.82 Å². The number of fused-ring (bicyclic) bond motifs is 1. The van der Waals surface area contributed by atoms with Crippen LogP contribution in [-0.2, 0) is 6.54 Å². The van der Waals surface area contributed by atoms with Crippen molar-refractivity contribution in [3.63, 3.8) is 0 Å². The van der Waals surface area contributed by atoms with Crippen LogP contribution in [0, 0.1) is 12.0 Å². The van der Waals surface area contributed by atoms with Crippen molar-refractivity contribution in [3.8, 4) is 0 Å². The van der Waals surface area contributed by atoms with Crippen LogP contribution in [0.25, 0.3) is 11.0 Å². The highest BCUT2D eigenvalue weighted by molar-refractivity contribution is 5.76. The van der Waals surface area contributed by atoms with E-state index >= 15 is 0 Å². The lowest BCUT2D eigenvalue weighted by Gasteiger charge is -1.95. The van der Waals surface area contributed by atoms with E-state index in [1.54, 1.807) is 16.7 Å². The fraction of sp³-hybridized carbons (Fsp3) is 0.222. The summed E-state index contributed by atoms with van der Waals surface area (Å²) in [5.41, 5.74) is 0.664. The Labute approximate surface area is 69.6 Å². The second-order valence-corrected chi connectivity index (χ2v) is 2.57. The first-order valence-electron chi connectivity index (χ1n) is 3.84. The van der Waals surface area contributed by atoms with Crippen molar-refractivity contribution in [3.05, 3.63) is 30.3 Å². The zero-order valence-corrected chi connectivity index (χ0v) is 6.71. The molecular weight excluding hydrogens is 155 g/mol. The molecule has 2 aromatic heterocycles. The Morgan fingerprint density at radius 3 is 3.25 bits per heavy atom. The van der Waals surface area contributed by atoms with Gasteiger partial charge in [0, 0.05) is 12.7 Å². The van der Waals surface area contributed by atoms with Crippen LogP contribution in [0.3, 0.4) is 0 Å². The summed E-state index contributed by atoms with van der Waals surface area (Å²) in [7, 11) is 0. The van der Waals surface area contributed by atoms with Crippen LogP contribution in [0.1, 0.15) is 6.92 Å². The molecule has 0 saturated heterocycles. The lowest BCUT2D eigenvalue weighted by molar-refractivity contribution is 0.627. The molecule has 0 fully saturated rings. The van der Waals surface area contributed by atoms with E-state index < -0.39 is 0 Å². The highest BCUT2D eigenvalue weighted by Crippen LogP contribution is 2.16. The van der Waals surface area contributed by atoms with Crippen LogP contribution in [0.15, 0.2) is 18.3 Å². The molecule has 0 bridgehead atoms. The second kappa shape index (κ2) is 2.59. The van der Waals surface area contributed by atoms with Crippen LogP contribution in [0.4, 0.5) is 4.39 Å². The minimum atomic E-state index is -0.214. The third-order valence-corrected chi connectivity index (χ3v) is 1.88. The normalized spacial score (nSPS) is 10.8. The molecule has 0 amide bonds. The molecule has 0 unspecified atom stereocenters. The van der Waals surface area contributed by atoms with Crippen LogP contribution in [0.5, 0.6) is 0 Å². The number of hydrogen-bond donors (Lipinski definition) is 0. The standard InChI is InChI=1S/C9H8FN2/c1-2-12-6-8(10)7-4-3-5-11-9(7)12/h3-4,6H,2H2,1H3. The van der Waals surface area contributed by atoms with Gasteiger partial charge in [-0.15, -0.1) is 0 Å². The van der Waals surface area contributed by atoms with E-state index in [0.29, 0.717) is 11.0 Å². The molecular formula is C9H8FN2. The van der Waals surface area contributed by atoms with E-state index in [2.05, 4.69) is 11.2 Å². The van der Waals surface area contributed by atoms with E-state index in [0.717, 1.165) is 6.54 Å². The van der Waals surface area contributed by atoms with Crippen molar-refractivity contribution in [1.82, 2.24) is 9.55 Å². The molecule has 61 valence electrons. The third-order valence-electron chi connectivity index (χ3n) is 1.88. The van der Waals surface area contributed by atoms with Gasteiger partial charge in [0.1, 0.15) is 11.5 Å². The maximum atomic E-state index is 13.1. The van der Waals surface area contributed by atoms with Crippen molar-refractivity contribution in [2.75, 3.05) is 0 Å². The van der Waals surface area contributed by atoms with E-state index in [4.69, 9.17) is 0 Å². The Morgan fingerprint density at radius 1 is 1.67 bits per heavy atom. The van der Waals surface area contributed by atoms with Gasteiger partial charge in [-0.1, -0.05) is 0 Å². The molecule has 2 nitrogen and oxygen atoms in total. The summed E-state index contributed by atoms with van der Waals surface area (Å²) < 4.78 is 14.9. The molecule has 0 aliphatic rings. The zero-order chi connectivity index (χ0) is 8.55. The number of aryl methyl sites for hydroxylation is 1.